The maximum atomic E-state index is 12.4. The Hall–Kier alpha value is -2.35. The summed E-state index contributed by atoms with van der Waals surface area (Å²) in [6.45, 7) is 5.29. The minimum absolute atomic E-state index is 0.178. The molecule has 2 aliphatic heterocycles. The fourth-order valence-corrected chi connectivity index (χ4v) is 3.41. The molecule has 8 nitrogen and oxygen atoms in total. The number of amides is 1. The first-order valence-corrected chi connectivity index (χ1v) is 9.76. The summed E-state index contributed by atoms with van der Waals surface area (Å²) < 4.78 is 5.60. The quantitative estimate of drug-likeness (QED) is 0.556. The van der Waals surface area contributed by atoms with Crippen LogP contribution in [-0.2, 0) is 9.53 Å². The molecule has 1 amide bonds. The number of pyridine rings is 1. The number of anilines is 1. The second-order valence-electron chi connectivity index (χ2n) is 6.82. The van der Waals surface area contributed by atoms with Gasteiger partial charge in [-0.05, 0) is 25.0 Å². The first-order chi connectivity index (χ1) is 13.3. The third kappa shape index (κ3) is 5.82. The lowest BCUT2D eigenvalue weighted by Gasteiger charge is -2.35. The molecular weight excluding hydrogens is 344 g/mol. The van der Waals surface area contributed by atoms with Crippen molar-refractivity contribution in [3.05, 3.63) is 24.4 Å². The number of hydrogen-bond donors (Lipinski definition) is 2. The number of guanidine groups is 1. The Kier molecular flexibility index (Phi) is 7.27. The van der Waals surface area contributed by atoms with Crippen molar-refractivity contribution < 1.29 is 9.53 Å². The third-order valence-corrected chi connectivity index (χ3v) is 4.98. The monoisotopic (exact) mass is 374 g/mol. The van der Waals surface area contributed by atoms with Crippen LogP contribution in [0, 0.1) is 0 Å². The van der Waals surface area contributed by atoms with E-state index in [9.17, 15) is 4.79 Å². The molecular formula is C19H30N6O2. The molecule has 0 bridgehead atoms. The molecule has 0 radical (unpaired) electrons. The fraction of sp³-hybridized carbons (Fsp3) is 0.632. The van der Waals surface area contributed by atoms with Crippen molar-refractivity contribution in [2.24, 2.45) is 4.99 Å². The van der Waals surface area contributed by atoms with Gasteiger partial charge in [-0.1, -0.05) is 6.07 Å². The molecule has 0 aromatic carbocycles. The predicted octanol–water partition coefficient (Wildman–Crippen LogP) is 0.464. The minimum atomic E-state index is 0.178. The van der Waals surface area contributed by atoms with Crippen LogP contribution in [0.4, 0.5) is 5.82 Å². The lowest BCUT2D eigenvalue weighted by atomic mass is 10.2. The normalized spacial score (nSPS) is 20.6. The highest BCUT2D eigenvalue weighted by Gasteiger charge is 2.21. The van der Waals surface area contributed by atoms with Gasteiger partial charge in [-0.25, -0.2) is 4.98 Å². The number of rotatable bonds is 6. The highest BCUT2D eigenvalue weighted by Crippen LogP contribution is 2.13. The maximum Gasteiger partial charge on any atom is 0.224 e. The Labute approximate surface area is 161 Å². The van der Waals surface area contributed by atoms with E-state index in [0.29, 0.717) is 13.0 Å². The van der Waals surface area contributed by atoms with Gasteiger partial charge in [0.25, 0.3) is 0 Å². The van der Waals surface area contributed by atoms with Gasteiger partial charge in [0.05, 0.1) is 6.10 Å². The second kappa shape index (κ2) is 10.1. The molecule has 148 valence electrons. The van der Waals surface area contributed by atoms with Crippen molar-refractivity contribution in [1.29, 1.82) is 0 Å². The molecule has 2 fully saturated rings. The minimum Gasteiger partial charge on any atom is -0.376 e. The van der Waals surface area contributed by atoms with Gasteiger partial charge < -0.3 is 25.2 Å². The number of aliphatic imine (C=N–C) groups is 1. The molecule has 1 atom stereocenters. The molecule has 0 aliphatic carbocycles. The van der Waals surface area contributed by atoms with Crippen LogP contribution in [0.15, 0.2) is 29.4 Å². The number of hydrogen-bond acceptors (Lipinski definition) is 5. The zero-order valence-corrected chi connectivity index (χ0v) is 16.1. The summed E-state index contributed by atoms with van der Waals surface area (Å²) in [5.74, 6) is 1.88. The first-order valence-electron chi connectivity index (χ1n) is 9.76. The van der Waals surface area contributed by atoms with Crippen LogP contribution >= 0.6 is 0 Å². The molecule has 2 saturated heterocycles. The van der Waals surface area contributed by atoms with Crippen LogP contribution in [0.25, 0.3) is 0 Å². The molecule has 1 aromatic rings. The van der Waals surface area contributed by atoms with Gasteiger partial charge >= 0.3 is 0 Å². The third-order valence-electron chi connectivity index (χ3n) is 4.98. The molecule has 2 aliphatic rings. The summed E-state index contributed by atoms with van der Waals surface area (Å²) in [4.78, 5) is 25.2. The van der Waals surface area contributed by atoms with E-state index in [1.165, 1.54) is 0 Å². The first kappa shape index (κ1) is 19.4. The average Bonchev–Trinajstić information content (AvgIpc) is 3.25. The Morgan fingerprint density at radius 3 is 2.81 bits per heavy atom. The van der Waals surface area contributed by atoms with Gasteiger partial charge in [-0.3, -0.25) is 9.79 Å². The van der Waals surface area contributed by atoms with Gasteiger partial charge in [0.15, 0.2) is 5.96 Å². The highest BCUT2D eigenvalue weighted by molar-refractivity contribution is 5.81. The molecule has 1 aromatic heterocycles. The Bertz CT molecular complexity index is 610. The molecule has 27 heavy (non-hydrogen) atoms. The van der Waals surface area contributed by atoms with Gasteiger partial charge in [0.2, 0.25) is 5.91 Å². The lowest BCUT2D eigenvalue weighted by Crippen LogP contribution is -2.49. The van der Waals surface area contributed by atoms with Crippen molar-refractivity contribution in [2.45, 2.75) is 25.4 Å². The van der Waals surface area contributed by atoms with Crippen LogP contribution in [0.3, 0.4) is 0 Å². The standard InChI is InChI=1S/C19H30N6O2/c1-20-19(23-15-16-5-4-14-27-16)22-9-7-18(26)25-12-10-24(11-13-25)17-6-2-3-8-21-17/h2-3,6,8,16H,4-5,7,9-15H2,1H3,(H2,20,22,23). The van der Waals surface area contributed by atoms with Crippen molar-refractivity contribution in [1.82, 2.24) is 20.5 Å². The fourth-order valence-electron chi connectivity index (χ4n) is 3.41. The Morgan fingerprint density at radius 2 is 2.15 bits per heavy atom. The number of nitrogens with zero attached hydrogens (tertiary/aromatic N) is 4. The van der Waals surface area contributed by atoms with Gasteiger partial charge in [0.1, 0.15) is 5.82 Å². The Balaban J connectivity index is 1.33. The summed E-state index contributed by atoms with van der Waals surface area (Å²) in [5.41, 5.74) is 0. The van der Waals surface area contributed by atoms with Crippen LogP contribution in [0.1, 0.15) is 19.3 Å². The average molecular weight is 374 g/mol. The number of carbonyl (C=O) groups excluding carboxylic acids is 1. The van der Waals surface area contributed by atoms with Crippen molar-refractivity contribution >= 4 is 17.7 Å². The molecule has 1 unspecified atom stereocenters. The van der Waals surface area contributed by atoms with E-state index in [2.05, 4.69) is 25.5 Å². The largest absolute Gasteiger partial charge is 0.376 e. The second-order valence-corrected chi connectivity index (χ2v) is 6.82. The maximum absolute atomic E-state index is 12.4. The number of aromatic nitrogens is 1. The predicted molar refractivity (Wildman–Crippen MR) is 106 cm³/mol. The number of ether oxygens (including phenoxy) is 1. The summed E-state index contributed by atoms with van der Waals surface area (Å²) in [6, 6.07) is 5.92. The highest BCUT2D eigenvalue weighted by atomic mass is 16.5. The van der Waals surface area contributed by atoms with Gasteiger partial charge in [-0.15, -0.1) is 0 Å². The van der Waals surface area contributed by atoms with E-state index in [4.69, 9.17) is 4.74 Å². The topological polar surface area (TPSA) is 82.1 Å². The van der Waals surface area contributed by atoms with Gasteiger partial charge in [-0.2, -0.15) is 0 Å². The summed E-state index contributed by atoms with van der Waals surface area (Å²) in [7, 11) is 1.74. The summed E-state index contributed by atoms with van der Waals surface area (Å²) >= 11 is 0. The molecule has 0 spiro atoms. The van der Waals surface area contributed by atoms with E-state index >= 15 is 0 Å². The van der Waals surface area contributed by atoms with E-state index in [1.807, 2.05) is 23.1 Å². The van der Waals surface area contributed by atoms with Crippen LogP contribution in [-0.4, -0.2) is 80.8 Å². The van der Waals surface area contributed by atoms with Crippen LogP contribution in [0.5, 0.6) is 0 Å². The summed E-state index contributed by atoms with van der Waals surface area (Å²) in [6.07, 6.45) is 4.75. The molecule has 3 heterocycles. The molecule has 0 saturated carbocycles. The molecule has 8 heteroatoms. The number of nitrogens with one attached hydrogen (secondary N) is 2. The van der Waals surface area contributed by atoms with Crippen molar-refractivity contribution in [3.63, 3.8) is 0 Å². The van der Waals surface area contributed by atoms with Crippen LogP contribution in [0.2, 0.25) is 0 Å². The summed E-state index contributed by atoms with van der Waals surface area (Å²) in [5, 5.41) is 6.48. The van der Waals surface area contributed by atoms with E-state index in [1.54, 1.807) is 13.2 Å². The van der Waals surface area contributed by atoms with Crippen LogP contribution < -0.4 is 15.5 Å². The van der Waals surface area contributed by atoms with E-state index in [0.717, 1.165) is 63.9 Å². The zero-order valence-electron chi connectivity index (χ0n) is 16.1. The van der Waals surface area contributed by atoms with E-state index in [-0.39, 0.29) is 12.0 Å². The number of piperazine rings is 1. The lowest BCUT2D eigenvalue weighted by molar-refractivity contribution is -0.131. The van der Waals surface area contributed by atoms with E-state index < -0.39 is 0 Å². The SMILES string of the molecule is CN=C(NCCC(=O)N1CCN(c2ccccn2)CC1)NCC1CCCO1. The van der Waals surface area contributed by atoms with Crippen molar-refractivity contribution in [2.75, 3.05) is 57.8 Å². The Morgan fingerprint density at radius 1 is 1.30 bits per heavy atom. The molecule has 2 N–H and O–H groups in total. The molecule has 3 rings (SSSR count). The zero-order chi connectivity index (χ0) is 18.9. The van der Waals surface area contributed by atoms with Crippen molar-refractivity contribution in [3.8, 4) is 0 Å². The number of carbonyl (C=O) groups is 1. The van der Waals surface area contributed by atoms with Gasteiger partial charge in [0, 0.05) is 65.5 Å². The smallest absolute Gasteiger partial charge is 0.224 e.